The van der Waals surface area contributed by atoms with Crippen LogP contribution >= 0.6 is 15.9 Å². The van der Waals surface area contributed by atoms with E-state index in [4.69, 9.17) is 0 Å². The molecule has 0 aromatic heterocycles. The molecule has 2 rings (SSSR count). The van der Waals surface area contributed by atoms with E-state index in [1.807, 2.05) is 6.92 Å². The van der Waals surface area contributed by atoms with Gasteiger partial charge in [-0.05, 0) is 52.7 Å². The highest BCUT2D eigenvalue weighted by Gasteiger charge is 2.17. The number of amides is 1. The predicted octanol–water partition coefficient (Wildman–Crippen LogP) is 3.39. The number of nitrogens with one attached hydrogen (secondary N) is 2. The quantitative estimate of drug-likeness (QED) is 0.785. The van der Waals surface area contributed by atoms with Crippen molar-refractivity contribution < 1.29 is 13.2 Å². The fourth-order valence-electron chi connectivity index (χ4n) is 1.89. The maximum Gasteiger partial charge on any atom is 0.261 e. The van der Waals surface area contributed by atoms with Crippen molar-refractivity contribution in [2.45, 2.75) is 18.2 Å². The lowest BCUT2D eigenvalue weighted by Crippen LogP contribution is -2.24. The van der Waals surface area contributed by atoms with Crippen LogP contribution < -0.4 is 10.0 Å². The third kappa shape index (κ3) is 4.56. The summed E-state index contributed by atoms with van der Waals surface area (Å²) in [5, 5.41) is 2.72. The summed E-state index contributed by atoms with van der Waals surface area (Å²) in [7, 11) is -3.77. The monoisotopic (exact) mass is 396 g/mol. The van der Waals surface area contributed by atoms with Crippen LogP contribution in [0.15, 0.2) is 57.9 Å². The Morgan fingerprint density at radius 2 is 1.87 bits per heavy atom. The largest absolute Gasteiger partial charge is 0.352 e. The maximum atomic E-state index is 12.5. The minimum Gasteiger partial charge on any atom is -0.352 e. The number of para-hydroxylation sites is 1. The van der Waals surface area contributed by atoms with Crippen LogP contribution in [0.2, 0.25) is 0 Å². The van der Waals surface area contributed by atoms with Gasteiger partial charge in [0.15, 0.2) is 0 Å². The maximum absolute atomic E-state index is 12.5. The number of carbonyl (C=O) groups is 1. The van der Waals surface area contributed by atoms with Gasteiger partial charge in [0.05, 0.1) is 10.6 Å². The van der Waals surface area contributed by atoms with E-state index >= 15 is 0 Å². The molecule has 122 valence electrons. The van der Waals surface area contributed by atoms with Crippen molar-refractivity contribution in [2.75, 3.05) is 11.3 Å². The summed E-state index contributed by atoms with van der Waals surface area (Å²) in [6.45, 7) is 2.49. The lowest BCUT2D eigenvalue weighted by molar-refractivity contribution is 0.0953. The molecule has 0 aliphatic heterocycles. The van der Waals surface area contributed by atoms with E-state index in [2.05, 4.69) is 26.0 Å². The molecule has 0 heterocycles. The van der Waals surface area contributed by atoms with Crippen LogP contribution in [0.3, 0.4) is 0 Å². The van der Waals surface area contributed by atoms with E-state index < -0.39 is 10.0 Å². The molecule has 0 atom stereocenters. The number of sulfonamides is 1. The van der Waals surface area contributed by atoms with Gasteiger partial charge in [0.25, 0.3) is 15.9 Å². The number of carbonyl (C=O) groups excluding carboxylic acids is 1. The fraction of sp³-hybridized carbons (Fsp3) is 0.188. The van der Waals surface area contributed by atoms with E-state index in [0.717, 1.165) is 6.42 Å². The van der Waals surface area contributed by atoms with Gasteiger partial charge in [-0.3, -0.25) is 9.52 Å². The van der Waals surface area contributed by atoms with Gasteiger partial charge in [-0.2, -0.15) is 0 Å². The Labute approximate surface area is 144 Å². The first-order valence-corrected chi connectivity index (χ1v) is 9.37. The average Bonchev–Trinajstić information content (AvgIpc) is 2.54. The number of rotatable bonds is 6. The molecular weight excluding hydrogens is 380 g/mol. The second kappa shape index (κ2) is 7.61. The van der Waals surface area contributed by atoms with Crippen molar-refractivity contribution in [1.82, 2.24) is 5.32 Å². The van der Waals surface area contributed by atoms with Crippen molar-refractivity contribution in [1.29, 1.82) is 0 Å². The summed E-state index contributed by atoms with van der Waals surface area (Å²) in [5.74, 6) is -0.287. The molecule has 2 aromatic rings. The standard InChI is InChI=1S/C16H17BrN2O3S/c1-2-10-18-16(20)12-6-5-7-13(11-12)23(21,22)19-15-9-4-3-8-14(15)17/h3-9,11,19H,2,10H2,1H3,(H,18,20). The smallest absolute Gasteiger partial charge is 0.261 e. The lowest BCUT2D eigenvalue weighted by Gasteiger charge is -2.11. The molecule has 0 unspecified atom stereocenters. The van der Waals surface area contributed by atoms with E-state index in [1.54, 1.807) is 36.4 Å². The molecule has 0 saturated carbocycles. The Balaban J connectivity index is 2.27. The van der Waals surface area contributed by atoms with Crippen molar-refractivity contribution in [3.05, 3.63) is 58.6 Å². The highest BCUT2D eigenvalue weighted by atomic mass is 79.9. The molecule has 0 fully saturated rings. The Bertz CT molecular complexity index is 806. The minimum atomic E-state index is -3.77. The van der Waals surface area contributed by atoms with Gasteiger partial charge in [0, 0.05) is 16.6 Å². The molecule has 1 amide bonds. The van der Waals surface area contributed by atoms with Crippen LogP contribution in [0.1, 0.15) is 23.7 Å². The third-order valence-electron chi connectivity index (χ3n) is 3.06. The number of benzene rings is 2. The Hall–Kier alpha value is -1.86. The highest BCUT2D eigenvalue weighted by Crippen LogP contribution is 2.24. The normalized spacial score (nSPS) is 11.0. The van der Waals surface area contributed by atoms with Gasteiger partial charge in [0.1, 0.15) is 0 Å². The van der Waals surface area contributed by atoms with Crippen LogP contribution in [-0.2, 0) is 10.0 Å². The van der Waals surface area contributed by atoms with Gasteiger partial charge in [0.2, 0.25) is 0 Å². The van der Waals surface area contributed by atoms with Crippen molar-refractivity contribution in [3.8, 4) is 0 Å². The molecule has 0 radical (unpaired) electrons. The molecule has 2 aromatic carbocycles. The van der Waals surface area contributed by atoms with Crippen LogP contribution in [-0.4, -0.2) is 20.9 Å². The molecule has 7 heteroatoms. The Morgan fingerprint density at radius 3 is 2.57 bits per heavy atom. The number of anilines is 1. The van der Waals surface area contributed by atoms with Gasteiger partial charge >= 0.3 is 0 Å². The van der Waals surface area contributed by atoms with E-state index in [-0.39, 0.29) is 10.8 Å². The summed E-state index contributed by atoms with van der Waals surface area (Å²) in [6, 6.07) is 12.9. The first kappa shape index (κ1) is 17.5. The molecule has 0 spiro atoms. The molecule has 23 heavy (non-hydrogen) atoms. The van der Waals surface area contributed by atoms with Crippen LogP contribution in [0.4, 0.5) is 5.69 Å². The second-order valence-electron chi connectivity index (χ2n) is 4.87. The van der Waals surface area contributed by atoms with Gasteiger partial charge in [-0.1, -0.05) is 25.1 Å². The van der Waals surface area contributed by atoms with Crippen molar-refractivity contribution >= 4 is 37.5 Å². The van der Waals surface area contributed by atoms with Crippen LogP contribution in [0.25, 0.3) is 0 Å². The molecule has 0 aliphatic carbocycles. The Morgan fingerprint density at radius 1 is 1.13 bits per heavy atom. The lowest BCUT2D eigenvalue weighted by atomic mass is 10.2. The molecule has 0 aliphatic rings. The Kier molecular flexibility index (Phi) is 5.79. The zero-order chi connectivity index (χ0) is 16.9. The summed E-state index contributed by atoms with van der Waals surface area (Å²) >= 11 is 3.30. The second-order valence-corrected chi connectivity index (χ2v) is 7.41. The number of hydrogen-bond donors (Lipinski definition) is 2. The molecule has 0 bridgehead atoms. The van der Waals surface area contributed by atoms with E-state index in [9.17, 15) is 13.2 Å². The van der Waals surface area contributed by atoms with Gasteiger partial charge in [-0.25, -0.2) is 8.42 Å². The molecule has 5 nitrogen and oxygen atoms in total. The number of halogens is 1. The van der Waals surface area contributed by atoms with Crippen LogP contribution in [0.5, 0.6) is 0 Å². The van der Waals surface area contributed by atoms with Crippen molar-refractivity contribution in [3.63, 3.8) is 0 Å². The fourth-order valence-corrected chi connectivity index (χ4v) is 3.53. The highest BCUT2D eigenvalue weighted by molar-refractivity contribution is 9.10. The van der Waals surface area contributed by atoms with E-state index in [0.29, 0.717) is 22.3 Å². The summed E-state index contributed by atoms with van der Waals surface area (Å²) in [5.41, 5.74) is 0.752. The molecule has 2 N–H and O–H groups in total. The molecule has 0 saturated heterocycles. The molecular formula is C16H17BrN2O3S. The summed E-state index contributed by atoms with van der Waals surface area (Å²) in [4.78, 5) is 12.0. The van der Waals surface area contributed by atoms with Crippen molar-refractivity contribution in [2.24, 2.45) is 0 Å². The SMILES string of the molecule is CCCNC(=O)c1cccc(S(=O)(=O)Nc2ccccc2Br)c1. The number of hydrogen-bond acceptors (Lipinski definition) is 3. The first-order chi connectivity index (χ1) is 10.9. The van der Waals surface area contributed by atoms with Gasteiger partial charge < -0.3 is 5.32 Å². The minimum absolute atomic E-state index is 0.0393. The topological polar surface area (TPSA) is 75.3 Å². The third-order valence-corrected chi connectivity index (χ3v) is 5.11. The first-order valence-electron chi connectivity index (χ1n) is 7.09. The zero-order valence-electron chi connectivity index (χ0n) is 12.5. The zero-order valence-corrected chi connectivity index (χ0v) is 14.9. The summed E-state index contributed by atoms with van der Waals surface area (Å²) in [6.07, 6.45) is 0.813. The average molecular weight is 397 g/mol. The predicted molar refractivity (Wildman–Crippen MR) is 94.0 cm³/mol. The summed E-state index contributed by atoms with van der Waals surface area (Å²) < 4.78 is 28.1. The van der Waals surface area contributed by atoms with Gasteiger partial charge in [-0.15, -0.1) is 0 Å². The van der Waals surface area contributed by atoms with E-state index in [1.165, 1.54) is 12.1 Å². The van der Waals surface area contributed by atoms with Crippen LogP contribution in [0, 0.1) is 0 Å².